The minimum Gasteiger partial charge on any atom is -0.398 e. The molecule has 2 saturated heterocycles. The third kappa shape index (κ3) is 2.20. The van der Waals surface area contributed by atoms with Crippen LogP contribution < -0.4 is 5.59 Å². The second-order valence-corrected chi connectivity index (χ2v) is 6.15. The molecular formula is C12H20BN3O3. The summed E-state index contributed by atoms with van der Waals surface area (Å²) >= 11 is 0. The summed E-state index contributed by atoms with van der Waals surface area (Å²) in [6.07, 6.45) is 3.66. The monoisotopic (exact) mass is 265 g/mol. The van der Waals surface area contributed by atoms with Crippen molar-refractivity contribution in [3.8, 4) is 0 Å². The highest BCUT2D eigenvalue weighted by Gasteiger charge is 2.52. The Balaban J connectivity index is 1.77. The summed E-state index contributed by atoms with van der Waals surface area (Å²) in [7, 11) is -0.458. The van der Waals surface area contributed by atoms with Gasteiger partial charge in [-0.15, -0.1) is 0 Å². The second-order valence-electron chi connectivity index (χ2n) is 6.15. The molecule has 0 saturated carbocycles. The largest absolute Gasteiger partial charge is 0.518 e. The highest BCUT2D eigenvalue weighted by molar-refractivity contribution is 6.61. The van der Waals surface area contributed by atoms with Gasteiger partial charge in [-0.2, -0.15) is 15.0 Å². The van der Waals surface area contributed by atoms with Gasteiger partial charge in [0.15, 0.2) is 6.23 Å². The first kappa shape index (κ1) is 13.1. The molecule has 19 heavy (non-hydrogen) atoms. The Morgan fingerprint density at radius 3 is 2.53 bits per heavy atom. The summed E-state index contributed by atoms with van der Waals surface area (Å²) in [5.74, 6) is 0. The molecule has 0 bridgehead atoms. The molecule has 1 atom stereocenters. The highest BCUT2D eigenvalue weighted by atomic mass is 16.7. The summed E-state index contributed by atoms with van der Waals surface area (Å²) in [4.78, 5) is 1.62. The Kier molecular flexibility index (Phi) is 2.96. The van der Waals surface area contributed by atoms with Crippen molar-refractivity contribution in [1.29, 1.82) is 0 Å². The fourth-order valence-corrected chi connectivity index (χ4v) is 2.24. The molecular weight excluding hydrogens is 245 g/mol. The Bertz CT molecular complexity index is 453. The Labute approximate surface area is 113 Å². The molecule has 0 amide bonds. The lowest BCUT2D eigenvalue weighted by atomic mass is 9.86. The zero-order valence-corrected chi connectivity index (χ0v) is 11.9. The third-order valence-electron chi connectivity index (χ3n) is 4.18. The molecule has 1 aromatic rings. The first-order valence-electron chi connectivity index (χ1n) is 6.78. The maximum Gasteiger partial charge on any atom is 0.518 e. The van der Waals surface area contributed by atoms with E-state index in [4.69, 9.17) is 14.0 Å². The van der Waals surface area contributed by atoms with Crippen LogP contribution in [0.3, 0.4) is 0 Å². The third-order valence-corrected chi connectivity index (χ3v) is 4.18. The van der Waals surface area contributed by atoms with Crippen molar-refractivity contribution in [3.05, 3.63) is 6.20 Å². The molecule has 6 nitrogen and oxygen atoms in total. The quantitative estimate of drug-likeness (QED) is 0.743. The van der Waals surface area contributed by atoms with Crippen LogP contribution in [0.15, 0.2) is 6.20 Å². The van der Waals surface area contributed by atoms with Crippen LogP contribution in [0, 0.1) is 0 Å². The van der Waals surface area contributed by atoms with Gasteiger partial charge < -0.3 is 14.0 Å². The predicted octanol–water partition coefficient (Wildman–Crippen LogP) is 0.886. The summed E-state index contributed by atoms with van der Waals surface area (Å²) in [6.45, 7) is 8.88. The number of nitrogens with zero attached hydrogens (tertiary/aromatic N) is 3. The van der Waals surface area contributed by atoms with E-state index in [0.717, 1.165) is 19.4 Å². The fraction of sp³-hybridized carbons (Fsp3) is 0.833. The minimum atomic E-state index is -0.458. The summed E-state index contributed by atoms with van der Waals surface area (Å²) in [6, 6.07) is 0. The number of ether oxygens (including phenoxy) is 1. The molecule has 0 aliphatic carbocycles. The lowest BCUT2D eigenvalue weighted by molar-refractivity contribution is 0.00578. The maximum atomic E-state index is 5.95. The normalized spacial score (nSPS) is 29.1. The molecule has 0 radical (unpaired) electrons. The van der Waals surface area contributed by atoms with Gasteiger partial charge in [0, 0.05) is 6.61 Å². The van der Waals surface area contributed by atoms with Crippen LogP contribution in [0.25, 0.3) is 0 Å². The van der Waals surface area contributed by atoms with E-state index in [0.29, 0.717) is 5.59 Å². The van der Waals surface area contributed by atoms with Gasteiger partial charge in [-0.3, -0.25) is 0 Å². The average molecular weight is 265 g/mol. The number of aromatic nitrogens is 3. The molecule has 104 valence electrons. The molecule has 0 spiro atoms. The van der Waals surface area contributed by atoms with Crippen LogP contribution in [0.2, 0.25) is 0 Å². The van der Waals surface area contributed by atoms with Crippen molar-refractivity contribution in [2.75, 3.05) is 6.61 Å². The fourth-order valence-electron chi connectivity index (χ4n) is 2.24. The molecule has 0 aromatic carbocycles. The molecule has 1 unspecified atom stereocenters. The minimum absolute atomic E-state index is 0.0452. The van der Waals surface area contributed by atoms with E-state index >= 15 is 0 Å². The number of hydrogen-bond acceptors (Lipinski definition) is 5. The van der Waals surface area contributed by atoms with E-state index in [1.54, 1.807) is 11.0 Å². The molecule has 3 heterocycles. The van der Waals surface area contributed by atoms with Gasteiger partial charge >= 0.3 is 7.12 Å². The maximum absolute atomic E-state index is 5.95. The van der Waals surface area contributed by atoms with Gasteiger partial charge in [0.25, 0.3) is 0 Å². The predicted molar refractivity (Wildman–Crippen MR) is 70.0 cm³/mol. The average Bonchev–Trinajstić information content (AvgIpc) is 3.00. The smallest absolute Gasteiger partial charge is 0.398 e. The van der Waals surface area contributed by atoms with Gasteiger partial charge in [0.2, 0.25) is 0 Å². The van der Waals surface area contributed by atoms with E-state index in [2.05, 4.69) is 10.2 Å². The summed E-state index contributed by atoms with van der Waals surface area (Å²) in [5.41, 5.74) is -0.00878. The van der Waals surface area contributed by atoms with Gasteiger partial charge in [-0.25, -0.2) is 0 Å². The van der Waals surface area contributed by atoms with Crippen molar-refractivity contribution in [1.82, 2.24) is 15.0 Å². The molecule has 2 aliphatic rings. The van der Waals surface area contributed by atoms with Crippen molar-refractivity contribution < 1.29 is 14.0 Å². The van der Waals surface area contributed by atoms with Gasteiger partial charge in [-0.05, 0) is 40.5 Å². The van der Waals surface area contributed by atoms with Crippen LogP contribution in [0.5, 0.6) is 0 Å². The van der Waals surface area contributed by atoms with Crippen LogP contribution in [0.1, 0.15) is 46.8 Å². The molecule has 0 N–H and O–H groups in total. The molecule has 2 fully saturated rings. The van der Waals surface area contributed by atoms with Crippen LogP contribution >= 0.6 is 0 Å². The molecule has 3 rings (SSSR count). The molecule has 2 aliphatic heterocycles. The lowest BCUT2D eigenvalue weighted by Gasteiger charge is -2.32. The second kappa shape index (κ2) is 4.29. The molecule has 1 aromatic heterocycles. The van der Waals surface area contributed by atoms with Crippen molar-refractivity contribution >= 4 is 12.7 Å². The van der Waals surface area contributed by atoms with Crippen LogP contribution in [-0.4, -0.2) is 39.9 Å². The number of rotatable bonds is 2. The van der Waals surface area contributed by atoms with Crippen molar-refractivity contribution in [2.45, 2.75) is 58.0 Å². The van der Waals surface area contributed by atoms with E-state index < -0.39 is 7.12 Å². The SMILES string of the molecule is CC1(C)OB(c2cnn(C3CCCO3)n2)OC1(C)C. The lowest BCUT2D eigenvalue weighted by Crippen LogP contribution is -2.41. The van der Waals surface area contributed by atoms with Gasteiger partial charge in [0.05, 0.1) is 17.4 Å². The Morgan fingerprint density at radius 1 is 1.26 bits per heavy atom. The standard InChI is InChI=1S/C12H20BN3O3/c1-11(2)12(3,4)19-13(18-11)9-8-14-16(15-9)10-6-5-7-17-10/h8,10H,5-7H2,1-4H3. The first-order chi connectivity index (χ1) is 8.89. The van der Waals surface area contributed by atoms with Crippen molar-refractivity contribution in [3.63, 3.8) is 0 Å². The number of hydrogen-bond donors (Lipinski definition) is 0. The van der Waals surface area contributed by atoms with Crippen LogP contribution in [0.4, 0.5) is 0 Å². The van der Waals surface area contributed by atoms with E-state index in [-0.39, 0.29) is 17.4 Å². The Hall–Kier alpha value is -0.915. The van der Waals surface area contributed by atoms with E-state index in [9.17, 15) is 0 Å². The Morgan fingerprint density at radius 2 is 1.95 bits per heavy atom. The zero-order valence-electron chi connectivity index (χ0n) is 11.9. The summed E-state index contributed by atoms with van der Waals surface area (Å²) < 4.78 is 17.4. The highest BCUT2D eigenvalue weighted by Crippen LogP contribution is 2.36. The molecule has 7 heteroatoms. The van der Waals surface area contributed by atoms with Gasteiger partial charge in [0.1, 0.15) is 5.59 Å². The van der Waals surface area contributed by atoms with E-state index in [1.165, 1.54) is 0 Å². The topological polar surface area (TPSA) is 58.4 Å². The van der Waals surface area contributed by atoms with Crippen molar-refractivity contribution in [2.24, 2.45) is 0 Å². The summed E-state index contributed by atoms with van der Waals surface area (Å²) in [5, 5.41) is 8.69. The van der Waals surface area contributed by atoms with E-state index in [1.807, 2.05) is 27.7 Å². The zero-order chi connectivity index (χ0) is 13.7. The first-order valence-corrected chi connectivity index (χ1v) is 6.78. The van der Waals surface area contributed by atoms with Crippen LogP contribution in [-0.2, 0) is 14.0 Å². The van der Waals surface area contributed by atoms with Gasteiger partial charge in [-0.1, -0.05) is 0 Å².